The average molecular weight is 632 g/mol. The molecule has 8 heteroatoms. The number of carbonyl (C=O) groups is 1. The Hall–Kier alpha value is -4.01. The Morgan fingerprint density at radius 1 is 0.976 bits per heavy atom. The van der Waals surface area contributed by atoms with E-state index in [4.69, 9.17) is 19.6 Å². The quantitative estimate of drug-likeness (QED) is 0.182. The van der Waals surface area contributed by atoms with Crippen LogP contribution < -0.4 is 10.1 Å². The summed E-state index contributed by atoms with van der Waals surface area (Å²) in [6.45, 7) is 0.784. The minimum atomic E-state index is -1.32. The first-order valence-corrected chi connectivity index (χ1v) is 14.7. The predicted molar refractivity (Wildman–Crippen MR) is 164 cm³/mol. The normalized spacial score (nSPS) is 17.8. The van der Waals surface area contributed by atoms with Gasteiger partial charge in [0.15, 0.2) is 11.6 Å². The maximum absolute atomic E-state index is 14.3. The van der Waals surface area contributed by atoms with Crippen LogP contribution >= 0.6 is 15.9 Å². The molecule has 4 aromatic carbocycles. The molecule has 0 fully saturated rings. The van der Waals surface area contributed by atoms with Gasteiger partial charge in [-0.3, -0.25) is 4.79 Å². The number of benzene rings is 4. The third-order valence-corrected chi connectivity index (χ3v) is 7.84. The zero-order chi connectivity index (χ0) is 29.4. The number of hydrogen-bond acceptors (Lipinski definition) is 5. The van der Waals surface area contributed by atoms with Crippen molar-refractivity contribution >= 4 is 27.7 Å². The number of carbonyl (C=O) groups excluding carboxylic acids is 1. The second-order valence-corrected chi connectivity index (χ2v) is 11.0. The lowest BCUT2D eigenvalue weighted by atomic mass is 9.82. The molecule has 5 rings (SSSR count). The van der Waals surface area contributed by atoms with Crippen LogP contribution in [0.1, 0.15) is 34.8 Å². The van der Waals surface area contributed by atoms with Gasteiger partial charge in [0, 0.05) is 41.6 Å². The molecule has 0 aliphatic carbocycles. The molecule has 42 heavy (non-hydrogen) atoms. The van der Waals surface area contributed by atoms with Crippen LogP contribution in [0.3, 0.4) is 0 Å². The molecule has 0 saturated carbocycles. The van der Waals surface area contributed by atoms with Crippen molar-refractivity contribution in [3.63, 3.8) is 0 Å². The number of nitrogens with zero attached hydrogens (tertiary/aromatic N) is 1. The van der Waals surface area contributed by atoms with Crippen molar-refractivity contribution in [3.8, 4) is 5.75 Å². The van der Waals surface area contributed by atoms with Gasteiger partial charge in [0.25, 0.3) is 5.91 Å². The van der Waals surface area contributed by atoms with E-state index in [2.05, 4.69) is 21.2 Å². The third kappa shape index (κ3) is 6.89. The highest BCUT2D eigenvalue weighted by molar-refractivity contribution is 9.10. The van der Waals surface area contributed by atoms with Gasteiger partial charge in [0.05, 0.1) is 6.61 Å². The van der Waals surface area contributed by atoms with Crippen LogP contribution in [0, 0.1) is 5.82 Å². The number of rotatable bonds is 12. The Labute approximate surface area is 253 Å². The highest BCUT2D eigenvalue weighted by Crippen LogP contribution is 2.44. The van der Waals surface area contributed by atoms with Gasteiger partial charge in [-0.15, -0.1) is 0 Å². The van der Waals surface area contributed by atoms with E-state index in [0.717, 1.165) is 21.2 Å². The van der Waals surface area contributed by atoms with Crippen LogP contribution in [0.15, 0.2) is 113 Å². The van der Waals surface area contributed by atoms with Gasteiger partial charge in [-0.05, 0) is 60.0 Å². The zero-order valence-corrected chi connectivity index (χ0v) is 24.6. The fourth-order valence-electron chi connectivity index (χ4n) is 5.02. The summed E-state index contributed by atoms with van der Waals surface area (Å²) >= 11 is 3.67. The van der Waals surface area contributed by atoms with E-state index in [9.17, 15) is 9.18 Å². The van der Waals surface area contributed by atoms with E-state index < -0.39 is 11.6 Å². The highest BCUT2D eigenvalue weighted by atomic mass is 79.9. The summed E-state index contributed by atoms with van der Waals surface area (Å²) in [4.78, 5) is 19.3. The number of aliphatic hydroxyl groups is 1. The van der Waals surface area contributed by atoms with Gasteiger partial charge in [-0.1, -0.05) is 76.6 Å². The minimum absolute atomic E-state index is 0.0625. The molecule has 216 valence electrons. The third-order valence-electron chi connectivity index (χ3n) is 7.12. The topological polar surface area (TPSA) is 80.2 Å². The van der Waals surface area contributed by atoms with Crippen molar-refractivity contribution in [2.24, 2.45) is 4.99 Å². The number of amides is 1. The predicted octanol–water partition coefficient (Wildman–Crippen LogP) is 6.21. The van der Waals surface area contributed by atoms with E-state index in [1.165, 1.54) is 12.1 Å². The zero-order valence-electron chi connectivity index (χ0n) is 23.0. The SMILES string of the molecule is O=C(NCCc1cccc(F)c1)[C@]1(Cc2ccccc2)N=C(c2ccc(OCCCO)cc2)O[C@@H]1c1ccccc1Br. The van der Waals surface area contributed by atoms with Crippen LogP contribution in [0.4, 0.5) is 4.39 Å². The molecule has 2 atom stereocenters. The Morgan fingerprint density at radius 2 is 1.71 bits per heavy atom. The highest BCUT2D eigenvalue weighted by Gasteiger charge is 2.53. The largest absolute Gasteiger partial charge is 0.494 e. The smallest absolute Gasteiger partial charge is 0.252 e. The molecule has 1 amide bonds. The second kappa shape index (κ2) is 13.8. The number of ether oxygens (including phenoxy) is 2. The van der Waals surface area contributed by atoms with Gasteiger partial charge in [-0.25, -0.2) is 9.38 Å². The Balaban J connectivity index is 1.51. The van der Waals surface area contributed by atoms with Crippen LogP contribution in [-0.2, 0) is 22.4 Å². The molecule has 0 unspecified atom stereocenters. The fraction of sp³-hybridized carbons (Fsp3) is 0.235. The molecule has 0 aromatic heterocycles. The molecule has 1 aliphatic rings. The summed E-state index contributed by atoms with van der Waals surface area (Å²) in [5, 5.41) is 12.1. The maximum atomic E-state index is 14.3. The van der Waals surface area contributed by atoms with E-state index in [1.807, 2.05) is 84.9 Å². The number of aliphatic hydroxyl groups excluding tert-OH is 1. The first-order chi connectivity index (χ1) is 20.5. The van der Waals surface area contributed by atoms with Gasteiger partial charge in [0.2, 0.25) is 5.90 Å². The van der Waals surface area contributed by atoms with Crippen molar-refractivity contribution in [1.82, 2.24) is 5.32 Å². The van der Waals surface area contributed by atoms with Crippen molar-refractivity contribution < 1.29 is 23.8 Å². The van der Waals surface area contributed by atoms with E-state index >= 15 is 0 Å². The molecular formula is C34H32BrFN2O4. The summed E-state index contributed by atoms with van der Waals surface area (Å²) in [6.07, 6.45) is 0.594. The number of aliphatic imine (C=N–C) groups is 1. The Morgan fingerprint density at radius 3 is 2.45 bits per heavy atom. The number of nitrogens with one attached hydrogen (secondary N) is 1. The molecule has 1 heterocycles. The summed E-state index contributed by atoms with van der Waals surface area (Å²) in [7, 11) is 0. The first kappa shape index (κ1) is 29.5. The van der Waals surface area contributed by atoms with E-state index in [1.54, 1.807) is 6.07 Å². The first-order valence-electron chi connectivity index (χ1n) is 13.9. The fourth-order valence-corrected chi connectivity index (χ4v) is 5.51. The van der Waals surface area contributed by atoms with Crippen molar-refractivity contribution in [2.45, 2.75) is 30.9 Å². The lowest BCUT2D eigenvalue weighted by Crippen LogP contribution is -2.50. The van der Waals surface area contributed by atoms with Crippen molar-refractivity contribution in [3.05, 3.63) is 136 Å². The molecule has 1 aliphatic heterocycles. The van der Waals surface area contributed by atoms with Crippen molar-refractivity contribution in [1.29, 1.82) is 0 Å². The number of hydrogen-bond donors (Lipinski definition) is 2. The molecule has 0 bridgehead atoms. The second-order valence-electron chi connectivity index (χ2n) is 10.1. The molecule has 2 N–H and O–H groups in total. The lowest BCUT2D eigenvalue weighted by Gasteiger charge is -2.31. The molecule has 0 saturated heterocycles. The summed E-state index contributed by atoms with van der Waals surface area (Å²) in [6, 6.07) is 31.2. The minimum Gasteiger partial charge on any atom is -0.494 e. The van der Waals surface area contributed by atoms with Gasteiger partial charge in [-0.2, -0.15) is 0 Å². The van der Waals surface area contributed by atoms with E-state index in [-0.39, 0.29) is 18.3 Å². The number of halogens is 2. The summed E-state index contributed by atoms with van der Waals surface area (Å²) in [5.74, 6) is 0.437. The summed E-state index contributed by atoms with van der Waals surface area (Å²) < 4.78 is 26.8. The van der Waals surface area contributed by atoms with Crippen molar-refractivity contribution in [2.75, 3.05) is 19.8 Å². The molecular weight excluding hydrogens is 599 g/mol. The van der Waals surface area contributed by atoms with Crippen LogP contribution in [0.2, 0.25) is 0 Å². The maximum Gasteiger partial charge on any atom is 0.252 e. The van der Waals surface area contributed by atoms with Crippen LogP contribution in [0.5, 0.6) is 5.75 Å². The average Bonchev–Trinajstić information content (AvgIpc) is 3.38. The van der Waals surface area contributed by atoms with Gasteiger partial charge in [0.1, 0.15) is 11.6 Å². The van der Waals surface area contributed by atoms with Crippen LogP contribution in [-0.4, -0.2) is 42.2 Å². The molecule has 6 nitrogen and oxygen atoms in total. The Kier molecular flexibility index (Phi) is 9.66. The molecule has 4 aromatic rings. The van der Waals surface area contributed by atoms with Gasteiger partial charge >= 0.3 is 0 Å². The monoisotopic (exact) mass is 630 g/mol. The summed E-state index contributed by atoms with van der Waals surface area (Å²) in [5.41, 5.74) is 1.93. The van der Waals surface area contributed by atoms with E-state index in [0.29, 0.717) is 49.6 Å². The standard InChI is InChI=1S/C34H32BrFN2O4/c35-30-13-5-4-12-29(30)31-34(23-25-8-2-1-3-9-25,33(40)37-19-18-24-10-6-11-27(36)22-24)38-32(42-31)26-14-16-28(17-15-26)41-21-7-20-39/h1-6,8-17,22,31,39H,7,18-21,23H2,(H,37,40)/t31-,34-/m1/s1. The Bertz CT molecular complexity index is 1530. The van der Waals surface area contributed by atoms with Crippen LogP contribution in [0.25, 0.3) is 0 Å². The lowest BCUT2D eigenvalue weighted by molar-refractivity contribution is -0.128. The molecule has 0 radical (unpaired) electrons. The molecule has 0 spiro atoms. The van der Waals surface area contributed by atoms with Gasteiger partial charge < -0.3 is 19.9 Å².